The van der Waals surface area contributed by atoms with E-state index < -0.39 is 17.5 Å². The third-order valence-corrected chi connectivity index (χ3v) is 10.2. The molecule has 0 unspecified atom stereocenters. The van der Waals surface area contributed by atoms with Crippen LogP contribution in [0.3, 0.4) is 0 Å². The van der Waals surface area contributed by atoms with Gasteiger partial charge in [0.1, 0.15) is 11.4 Å². The van der Waals surface area contributed by atoms with Crippen molar-refractivity contribution in [3.05, 3.63) is 100 Å². The smallest absolute Gasteiger partial charge is 0.264 e. The standard InChI is InChI=1S/C39H45N7O3/c47-27-36(30-7-2-1-3-8-30)46-19-5-9-33(39(46)49)38(48)40-18-4-6-28-12-17-34-35(24-28)43-37(25-41-34)42-31-13-15-32(16-14-31)45-22-20-44(21-23-45)26-29-10-11-29/h1-3,5,7-9,12,17,19,24-25,29,31-32,36,47H,10-11,13-16,18,20-23,26-27H2,(H,40,48)(H,42,43)/t31?,32?,36-/m1/s1. The number of aliphatic hydroxyl groups is 1. The molecule has 7 rings (SSSR count). The molecule has 0 spiro atoms. The molecule has 2 aromatic heterocycles. The first-order valence-corrected chi connectivity index (χ1v) is 17.7. The third-order valence-electron chi connectivity index (χ3n) is 10.2. The van der Waals surface area contributed by atoms with Crippen LogP contribution in [0.4, 0.5) is 5.82 Å². The van der Waals surface area contributed by atoms with Gasteiger partial charge in [-0.1, -0.05) is 42.2 Å². The molecule has 4 aromatic rings. The normalized spacial score (nSPS) is 20.7. The number of hydrogen-bond donors (Lipinski definition) is 3. The Bertz CT molecular complexity index is 1860. The number of piperazine rings is 1. The summed E-state index contributed by atoms with van der Waals surface area (Å²) in [7, 11) is 0. The highest BCUT2D eigenvalue weighted by molar-refractivity contribution is 5.94. The van der Waals surface area contributed by atoms with Crippen molar-refractivity contribution < 1.29 is 9.90 Å². The Labute approximate surface area is 287 Å². The summed E-state index contributed by atoms with van der Waals surface area (Å²) in [5, 5.41) is 16.4. The summed E-state index contributed by atoms with van der Waals surface area (Å²) in [4.78, 5) is 40.9. The van der Waals surface area contributed by atoms with Crippen molar-refractivity contribution in [1.29, 1.82) is 0 Å². The zero-order valence-electron chi connectivity index (χ0n) is 27.9. The van der Waals surface area contributed by atoms with E-state index in [4.69, 9.17) is 4.98 Å². The van der Waals surface area contributed by atoms with Crippen molar-refractivity contribution in [2.75, 3.05) is 51.2 Å². The molecule has 2 aromatic carbocycles. The predicted molar refractivity (Wildman–Crippen MR) is 192 cm³/mol. The number of pyridine rings is 1. The topological polar surface area (TPSA) is 116 Å². The minimum atomic E-state index is -0.587. The van der Waals surface area contributed by atoms with Gasteiger partial charge in [-0.2, -0.15) is 0 Å². The van der Waals surface area contributed by atoms with Gasteiger partial charge >= 0.3 is 0 Å². The summed E-state index contributed by atoms with van der Waals surface area (Å²) in [6, 6.07) is 18.6. The molecular formula is C39H45N7O3. The molecule has 1 aliphatic heterocycles. The van der Waals surface area contributed by atoms with Crippen molar-refractivity contribution >= 4 is 22.8 Å². The van der Waals surface area contributed by atoms with Gasteiger partial charge in [-0.25, -0.2) is 4.98 Å². The Morgan fingerprint density at radius 1 is 0.939 bits per heavy atom. The highest BCUT2D eigenvalue weighted by atomic mass is 16.3. The van der Waals surface area contributed by atoms with E-state index in [0.29, 0.717) is 12.1 Å². The van der Waals surface area contributed by atoms with Crippen LogP contribution in [0.25, 0.3) is 11.0 Å². The Kier molecular flexibility index (Phi) is 10.3. The fourth-order valence-corrected chi connectivity index (χ4v) is 7.25. The van der Waals surface area contributed by atoms with Crippen LogP contribution in [-0.2, 0) is 0 Å². The molecule has 3 fully saturated rings. The molecule has 1 saturated heterocycles. The third kappa shape index (κ3) is 8.19. The van der Waals surface area contributed by atoms with Gasteiger partial charge in [-0.05, 0) is 80.3 Å². The van der Waals surface area contributed by atoms with E-state index in [1.54, 1.807) is 12.3 Å². The SMILES string of the molecule is O=C(NCC#Cc1ccc2ncc(NC3CCC(N4CCN(CC5CC5)CC4)CC3)nc2c1)c1cccn([C@H](CO)c2ccccc2)c1=O. The van der Waals surface area contributed by atoms with E-state index in [-0.39, 0.29) is 18.7 Å². The Morgan fingerprint density at radius 3 is 2.49 bits per heavy atom. The van der Waals surface area contributed by atoms with Crippen LogP contribution in [0, 0.1) is 17.8 Å². The van der Waals surface area contributed by atoms with Crippen molar-refractivity contribution in [1.82, 2.24) is 29.7 Å². The number of anilines is 1. The van der Waals surface area contributed by atoms with Crippen LogP contribution in [-0.4, -0.2) is 93.3 Å². The molecule has 2 aliphatic carbocycles. The molecule has 49 heavy (non-hydrogen) atoms. The first-order chi connectivity index (χ1) is 24.0. The number of aromatic nitrogens is 3. The van der Waals surface area contributed by atoms with E-state index in [1.807, 2.05) is 54.7 Å². The van der Waals surface area contributed by atoms with Crippen molar-refractivity contribution in [3.8, 4) is 11.8 Å². The Balaban J connectivity index is 0.914. The molecule has 3 aliphatic rings. The molecule has 3 heterocycles. The van der Waals surface area contributed by atoms with Gasteiger partial charge in [0.2, 0.25) is 0 Å². The van der Waals surface area contributed by atoms with E-state index in [2.05, 4.69) is 37.3 Å². The number of nitrogens with zero attached hydrogens (tertiary/aromatic N) is 5. The van der Waals surface area contributed by atoms with Crippen molar-refractivity contribution in [2.24, 2.45) is 5.92 Å². The van der Waals surface area contributed by atoms with Gasteiger partial charge in [-0.3, -0.25) is 19.5 Å². The summed E-state index contributed by atoms with van der Waals surface area (Å²) in [5.74, 6) is 7.32. The summed E-state index contributed by atoms with van der Waals surface area (Å²) in [6.07, 6.45) is 11.0. The Hall–Kier alpha value is -4.56. The van der Waals surface area contributed by atoms with Gasteiger partial charge in [0, 0.05) is 56.6 Å². The molecular weight excluding hydrogens is 614 g/mol. The van der Waals surface area contributed by atoms with Crippen LogP contribution in [0.5, 0.6) is 0 Å². The zero-order chi connectivity index (χ0) is 33.6. The maximum absolute atomic E-state index is 13.2. The number of rotatable bonds is 10. The summed E-state index contributed by atoms with van der Waals surface area (Å²) < 4.78 is 1.39. The number of aliphatic hydroxyl groups excluding tert-OH is 1. The molecule has 0 bridgehead atoms. The summed E-state index contributed by atoms with van der Waals surface area (Å²) in [6.45, 7) is 5.97. The molecule has 10 heteroatoms. The number of carbonyl (C=O) groups excluding carboxylic acids is 1. The van der Waals surface area contributed by atoms with Gasteiger partial charge in [0.05, 0.1) is 36.4 Å². The summed E-state index contributed by atoms with van der Waals surface area (Å²) in [5.41, 5.74) is 2.63. The Morgan fingerprint density at radius 2 is 1.73 bits per heavy atom. The number of nitrogens with one attached hydrogen (secondary N) is 2. The highest BCUT2D eigenvalue weighted by Crippen LogP contribution is 2.31. The van der Waals surface area contributed by atoms with Crippen LogP contribution >= 0.6 is 0 Å². The minimum Gasteiger partial charge on any atom is -0.394 e. The minimum absolute atomic E-state index is 0.00449. The lowest BCUT2D eigenvalue weighted by Crippen LogP contribution is -2.51. The molecule has 3 N–H and O–H groups in total. The number of amides is 1. The van der Waals surface area contributed by atoms with Crippen LogP contribution in [0.1, 0.15) is 66.1 Å². The molecule has 0 radical (unpaired) electrons. The van der Waals surface area contributed by atoms with Gasteiger partial charge in [0.15, 0.2) is 0 Å². The molecule has 254 valence electrons. The molecule has 1 atom stereocenters. The van der Waals surface area contributed by atoms with Crippen molar-refractivity contribution in [2.45, 2.75) is 56.7 Å². The predicted octanol–water partition coefficient (Wildman–Crippen LogP) is 3.91. The van der Waals surface area contributed by atoms with Gasteiger partial charge < -0.3 is 25.2 Å². The maximum atomic E-state index is 13.2. The average molecular weight is 660 g/mol. The van der Waals surface area contributed by atoms with Crippen LogP contribution < -0.4 is 16.2 Å². The lowest BCUT2D eigenvalue weighted by molar-refractivity contribution is 0.0752. The number of carbonyl (C=O) groups is 1. The largest absolute Gasteiger partial charge is 0.394 e. The van der Waals surface area contributed by atoms with Crippen LogP contribution in [0.2, 0.25) is 0 Å². The van der Waals surface area contributed by atoms with E-state index in [1.165, 1.54) is 69.0 Å². The van der Waals surface area contributed by atoms with E-state index in [9.17, 15) is 14.7 Å². The fourth-order valence-electron chi connectivity index (χ4n) is 7.25. The van der Waals surface area contributed by atoms with Crippen LogP contribution in [0.15, 0.2) is 77.9 Å². The number of fused-ring (bicyclic) bond motifs is 1. The lowest BCUT2D eigenvalue weighted by Gasteiger charge is -2.42. The average Bonchev–Trinajstić information content (AvgIpc) is 3.96. The van der Waals surface area contributed by atoms with Gasteiger partial charge in [0.25, 0.3) is 11.5 Å². The van der Waals surface area contributed by atoms with Gasteiger partial charge in [-0.15, -0.1) is 0 Å². The van der Waals surface area contributed by atoms with Crippen molar-refractivity contribution in [3.63, 3.8) is 0 Å². The number of benzene rings is 2. The maximum Gasteiger partial charge on any atom is 0.264 e. The zero-order valence-corrected chi connectivity index (χ0v) is 27.9. The lowest BCUT2D eigenvalue weighted by atomic mass is 9.89. The second-order valence-corrected chi connectivity index (χ2v) is 13.6. The quantitative estimate of drug-likeness (QED) is 0.220. The molecule has 1 amide bonds. The van der Waals surface area contributed by atoms with E-state index in [0.717, 1.165) is 46.7 Å². The first-order valence-electron chi connectivity index (χ1n) is 17.7. The molecule has 10 nitrogen and oxygen atoms in total. The monoisotopic (exact) mass is 659 g/mol. The second-order valence-electron chi connectivity index (χ2n) is 13.6. The fraction of sp³-hybridized carbons (Fsp3) is 0.436. The summed E-state index contributed by atoms with van der Waals surface area (Å²) >= 11 is 0. The first kappa shape index (κ1) is 33.0. The highest BCUT2D eigenvalue weighted by Gasteiger charge is 2.31. The van der Waals surface area contributed by atoms with E-state index >= 15 is 0 Å². The molecule has 2 saturated carbocycles. The second kappa shape index (κ2) is 15.3. The number of hydrogen-bond acceptors (Lipinski definition) is 8.